The quantitative estimate of drug-likeness (QED) is 0.684. The Labute approximate surface area is 175 Å². The average Bonchev–Trinajstić information content (AvgIpc) is 3.15. The molecule has 3 heterocycles. The number of amides is 1. The summed E-state index contributed by atoms with van der Waals surface area (Å²) >= 11 is 0. The zero-order valence-corrected chi connectivity index (χ0v) is 16.7. The molecule has 2 aromatic heterocycles. The van der Waals surface area contributed by atoms with Gasteiger partial charge < -0.3 is 20.5 Å². The highest BCUT2D eigenvalue weighted by atomic mass is 19.4. The molecule has 2 aromatic rings. The number of carboxylic acids is 1. The lowest BCUT2D eigenvalue weighted by Crippen LogP contribution is -2.38. The van der Waals surface area contributed by atoms with Gasteiger partial charge in [0.15, 0.2) is 0 Å². The molecule has 0 aliphatic carbocycles. The molecule has 3 N–H and O–H groups in total. The third-order valence-corrected chi connectivity index (χ3v) is 4.44. The van der Waals surface area contributed by atoms with Crippen molar-refractivity contribution < 1.29 is 32.6 Å². The highest BCUT2D eigenvalue weighted by Gasteiger charge is 2.38. The number of ether oxygens (including phenoxy) is 1. The van der Waals surface area contributed by atoms with E-state index in [1.165, 1.54) is 0 Å². The van der Waals surface area contributed by atoms with Gasteiger partial charge in [-0.2, -0.15) is 13.2 Å². The lowest BCUT2D eigenvalue weighted by Gasteiger charge is -2.34. The summed E-state index contributed by atoms with van der Waals surface area (Å²) in [5.41, 5.74) is 6.77. The first-order chi connectivity index (χ1) is 14.6. The summed E-state index contributed by atoms with van der Waals surface area (Å²) in [7, 11) is 1.64. The fraction of sp³-hybridized carbons (Fsp3) is 0.500. The number of nitrogens with zero attached hydrogens (tertiary/aromatic N) is 5. The number of carboxylic acid groups (broad SMARTS) is 1. The molecule has 0 bridgehead atoms. The van der Waals surface area contributed by atoms with Crippen molar-refractivity contribution in [3.05, 3.63) is 35.8 Å². The fourth-order valence-corrected chi connectivity index (χ4v) is 3.15. The van der Waals surface area contributed by atoms with E-state index in [-0.39, 0.29) is 0 Å². The number of alkyl halides is 3. The lowest BCUT2D eigenvalue weighted by atomic mass is 9.97. The van der Waals surface area contributed by atoms with Crippen LogP contribution in [0.5, 0.6) is 0 Å². The van der Waals surface area contributed by atoms with Crippen LogP contribution < -0.4 is 10.6 Å². The number of methoxy groups -OCH3 is 1. The monoisotopic (exact) mass is 444 g/mol. The Bertz CT molecular complexity index is 889. The van der Waals surface area contributed by atoms with Gasteiger partial charge >= 0.3 is 12.1 Å². The van der Waals surface area contributed by atoms with Crippen molar-refractivity contribution in [2.45, 2.75) is 32.2 Å². The van der Waals surface area contributed by atoms with E-state index >= 15 is 0 Å². The van der Waals surface area contributed by atoms with Crippen LogP contribution in [0.25, 0.3) is 0 Å². The molecule has 31 heavy (non-hydrogen) atoms. The minimum absolute atomic E-state index is 0.415. The number of anilines is 1. The number of rotatable bonds is 6. The van der Waals surface area contributed by atoms with Crippen LogP contribution >= 0.6 is 0 Å². The lowest BCUT2D eigenvalue weighted by molar-refractivity contribution is -0.192. The standard InChI is InChI=1S/C16H22N6O2.C2HF3O2/c1-24-11-13-10-22(20-19-13)9-12-4-3-7-21(8-12)16-14(15(17)23)5-2-6-18-16;3-2(4,5)1(6)7/h2,5-6,10,12H,3-4,7-9,11H2,1H3,(H2,17,23);(H,6,7). The SMILES string of the molecule is COCc1cn(CC2CCCN(c3ncccc3C(N)=O)C2)nn1.O=C(O)C(F)(F)F. The topological polar surface area (TPSA) is 136 Å². The smallest absolute Gasteiger partial charge is 0.475 e. The van der Waals surface area contributed by atoms with Crippen LogP contribution in [0.1, 0.15) is 28.9 Å². The number of piperidine rings is 1. The number of halogens is 3. The minimum Gasteiger partial charge on any atom is -0.475 e. The van der Waals surface area contributed by atoms with E-state index in [0.717, 1.165) is 38.2 Å². The third-order valence-electron chi connectivity index (χ3n) is 4.44. The molecule has 1 fully saturated rings. The molecule has 0 saturated carbocycles. The molecular weight excluding hydrogens is 421 g/mol. The number of hydrogen-bond donors (Lipinski definition) is 2. The molecular formula is C18H23F3N6O4. The summed E-state index contributed by atoms with van der Waals surface area (Å²) in [6.07, 6.45) is 0.672. The van der Waals surface area contributed by atoms with Crippen LogP contribution in [0, 0.1) is 5.92 Å². The summed E-state index contributed by atoms with van der Waals surface area (Å²) in [6.45, 7) is 2.94. The van der Waals surface area contributed by atoms with Crippen LogP contribution in [-0.2, 0) is 22.7 Å². The second-order valence-electron chi connectivity index (χ2n) is 6.86. The number of nitrogens with two attached hydrogens (primary N) is 1. The first kappa shape index (κ1) is 24.1. The molecule has 3 rings (SSSR count). The van der Waals surface area contributed by atoms with Crippen molar-refractivity contribution in [1.82, 2.24) is 20.0 Å². The van der Waals surface area contributed by atoms with Gasteiger partial charge in [0.25, 0.3) is 5.91 Å². The number of aliphatic carboxylic acids is 1. The van der Waals surface area contributed by atoms with Crippen molar-refractivity contribution in [2.75, 3.05) is 25.1 Å². The van der Waals surface area contributed by atoms with E-state index in [1.807, 2.05) is 10.9 Å². The maximum Gasteiger partial charge on any atom is 0.490 e. The number of primary amides is 1. The summed E-state index contributed by atoms with van der Waals surface area (Å²) in [4.78, 5) is 27.0. The molecule has 1 aliphatic heterocycles. The molecule has 0 radical (unpaired) electrons. The molecule has 1 amide bonds. The van der Waals surface area contributed by atoms with E-state index in [2.05, 4.69) is 20.2 Å². The Hall–Kier alpha value is -3.22. The second kappa shape index (κ2) is 10.7. The van der Waals surface area contributed by atoms with Gasteiger partial charge in [-0.05, 0) is 30.9 Å². The summed E-state index contributed by atoms with van der Waals surface area (Å²) < 4.78 is 38.7. The van der Waals surface area contributed by atoms with Crippen molar-refractivity contribution in [2.24, 2.45) is 11.7 Å². The number of hydrogen-bond acceptors (Lipinski definition) is 7. The van der Waals surface area contributed by atoms with E-state index in [4.69, 9.17) is 20.4 Å². The Kier molecular flexibility index (Phi) is 8.30. The molecule has 13 heteroatoms. The Morgan fingerprint density at radius 3 is 2.71 bits per heavy atom. The number of pyridine rings is 1. The molecule has 0 aromatic carbocycles. The fourth-order valence-electron chi connectivity index (χ4n) is 3.15. The van der Waals surface area contributed by atoms with Crippen LogP contribution in [0.15, 0.2) is 24.5 Å². The third kappa shape index (κ3) is 7.20. The van der Waals surface area contributed by atoms with Gasteiger partial charge in [0, 0.05) is 32.9 Å². The largest absolute Gasteiger partial charge is 0.490 e. The molecule has 0 spiro atoms. The van der Waals surface area contributed by atoms with Gasteiger partial charge in [-0.15, -0.1) is 5.10 Å². The van der Waals surface area contributed by atoms with Gasteiger partial charge in [-0.3, -0.25) is 9.48 Å². The number of aromatic nitrogens is 4. The van der Waals surface area contributed by atoms with E-state index in [1.54, 1.807) is 25.4 Å². The Morgan fingerprint density at radius 1 is 1.39 bits per heavy atom. The van der Waals surface area contributed by atoms with Crippen molar-refractivity contribution in [3.8, 4) is 0 Å². The zero-order chi connectivity index (χ0) is 23.0. The average molecular weight is 444 g/mol. The number of carbonyl (C=O) groups excluding carboxylic acids is 1. The predicted octanol–water partition coefficient (Wildman–Crippen LogP) is 1.47. The van der Waals surface area contributed by atoms with E-state index in [0.29, 0.717) is 23.9 Å². The maximum atomic E-state index is 11.6. The Balaban J connectivity index is 0.000000423. The van der Waals surface area contributed by atoms with Crippen LogP contribution in [0.4, 0.5) is 19.0 Å². The molecule has 1 atom stereocenters. The zero-order valence-electron chi connectivity index (χ0n) is 16.7. The maximum absolute atomic E-state index is 11.6. The van der Waals surface area contributed by atoms with Crippen LogP contribution in [0.3, 0.4) is 0 Å². The van der Waals surface area contributed by atoms with Gasteiger partial charge in [0.2, 0.25) is 0 Å². The van der Waals surface area contributed by atoms with Crippen LogP contribution in [-0.4, -0.2) is 63.3 Å². The molecule has 1 saturated heterocycles. The normalized spacial score (nSPS) is 16.4. The molecule has 170 valence electrons. The first-order valence-corrected chi connectivity index (χ1v) is 9.29. The van der Waals surface area contributed by atoms with Crippen molar-refractivity contribution in [3.63, 3.8) is 0 Å². The van der Waals surface area contributed by atoms with E-state index in [9.17, 15) is 18.0 Å². The Morgan fingerprint density at radius 2 is 2.10 bits per heavy atom. The summed E-state index contributed by atoms with van der Waals surface area (Å²) in [6, 6.07) is 3.46. The van der Waals surface area contributed by atoms with Crippen LogP contribution in [0.2, 0.25) is 0 Å². The summed E-state index contributed by atoms with van der Waals surface area (Å²) in [5.74, 6) is -2.11. The minimum atomic E-state index is -5.08. The summed E-state index contributed by atoms with van der Waals surface area (Å²) in [5, 5.41) is 15.4. The van der Waals surface area contributed by atoms with Crippen molar-refractivity contribution in [1.29, 1.82) is 0 Å². The number of carbonyl (C=O) groups is 2. The highest BCUT2D eigenvalue weighted by Crippen LogP contribution is 2.25. The van der Waals surface area contributed by atoms with Gasteiger partial charge in [-0.25, -0.2) is 9.78 Å². The van der Waals surface area contributed by atoms with Gasteiger partial charge in [0.05, 0.1) is 18.4 Å². The molecule has 1 unspecified atom stereocenters. The first-order valence-electron chi connectivity index (χ1n) is 9.29. The predicted molar refractivity (Wildman–Crippen MR) is 102 cm³/mol. The van der Waals surface area contributed by atoms with E-state index < -0.39 is 18.1 Å². The highest BCUT2D eigenvalue weighted by molar-refractivity contribution is 5.97. The second-order valence-corrected chi connectivity index (χ2v) is 6.86. The molecule has 10 nitrogen and oxygen atoms in total. The van der Waals surface area contributed by atoms with Gasteiger partial charge in [0.1, 0.15) is 11.5 Å². The van der Waals surface area contributed by atoms with Gasteiger partial charge in [-0.1, -0.05) is 5.21 Å². The van der Waals surface area contributed by atoms with Crippen molar-refractivity contribution >= 4 is 17.7 Å². The molecule has 1 aliphatic rings.